The van der Waals surface area contributed by atoms with Crippen LogP contribution >= 0.6 is 11.6 Å². The van der Waals surface area contributed by atoms with Crippen LogP contribution in [0.15, 0.2) is 42.5 Å². The lowest BCUT2D eigenvalue weighted by Gasteiger charge is -2.12. The molecule has 0 aromatic heterocycles. The van der Waals surface area contributed by atoms with Gasteiger partial charge >= 0.3 is 0 Å². The van der Waals surface area contributed by atoms with Gasteiger partial charge in [0.1, 0.15) is 5.75 Å². The molecule has 2 nitrogen and oxygen atoms in total. The highest BCUT2D eigenvalue weighted by Crippen LogP contribution is 2.26. The smallest absolute Gasteiger partial charge is 0.141 e. The van der Waals surface area contributed by atoms with E-state index in [0.29, 0.717) is 6.54 Å². The summed E-state index contributed by atoms with van der Waals surface area (Å²) in [5.74, 6) is 0.840. The second-order valence-corrected chi connectivity index (χ2v) is 4.56. The molecule has 2 rings (SSSR count). The van der Waals surface area contributed by atoms with E-state index in [9.17, 15) is 0 Å². The number of anilines is 1. The Morgan fingerprint density at radius 3 is 2.67 bits per heavy atom. The van der Waals surface area contributed by atoms with E-state index in [2.05, 4.69) is 18.3 Å². The largest absolute Gasteiger partial charge is 0.495 e. The summed E-state index contributed by atoms with van der Waals surface area (Å²) in [5.41, 5.74) is 3.25. The van der Waals surface area contributed by atoms with Crippen LogP contribution < -0.4 is 10.1 Å². The first-order valence-corrected chi connectivity index (χ1v) is 6.20. The minimum atomic E-state index is 0.680. The Labute approximate surface area is 113 Å². The Morgan fingerprint density at radius 2 is 1.94 bits per heavy atom. The molecule has 0 aliphatic rings. The van der Waals surface area contributed by atoms with Crippen molar-refractivity contribution in [2.24, 2.45) is 0 Å². The number of aryl methyl sites for hydroxylation is 1. The van der Waals surface area contributed by atoms with Crippen molar-refractivity contribution in [3.05, 3.63) is 58.6 Å². The molecule has 0 saturated heterocycles. The quantitative estimate of drug-likeness (QED) is 0.888. The SMILES string of the molecule is COc1ccc(C)cc1NCc1ccccc1Cl. The van der Waals surface area contributed by atoms with E-state index in [0.717, 1.165) is 22.0 Å². The second kappa shape index (κ2) is 5.78. The van der Waals surface area contributed by atoms with Gasteiger partial charge in [-0.3, -0.25) is 0 Å². The molecule has 0 saturated carbocycles. The van der Waals surface area contributed by atoms with Gasteiger partial charge in [0.25, 0.3) is 0 Å². The topological polar surface area (TPSA) is 21.3 Å². The maximum Gasteiger partial charge on any atom is 0.141 e. The van der Waals surface area contributed by atoms with Crippen molar-refractivity contribution in [1.82, 2.24) is 0 Å². The van der Waals surface area contributed by atoms with Gasteiger partial charge in [-0.05, 0) is 36.2 Å². The molecule has 0 bridgehead atoms. The average Bonchev–Trinajstić information content (AvgIpc) is 2.38. The number of benzene rings is 2. The summed E-state index contributed by atoms with van der Waals surface area (Å²) >= 11 is 6.12. The molecule has 3 heteroatoms. The van der Waals surface area contributed by atoms with Crippen LogP contribution in [0.4, 0.5) is 5.69 Å². The molecule has 0 aliphatic heterocycles. The minimum Gasteiger partial charge on any atom is -0.495 e. The number of halogens is 1. The van der Waals surface area contributed by atoms with Gasteiger partial charge in [-0.1, -0.05) is 35.9 Å². The Bertz CT molecular complexity index is 540. The predicted octanol–water partition coefficient (Wildman–Crippen LogP) is 4.27. The van der Waals surface area contributed by atoms with Crippen molar-refractivity contribution in [1.29, 1.82) is 0 Å². The van der Waals surface area contributed by atoms with Crippen LogP contribution in [0.2, 0.25) is 5.02 Å². The molecule has 0 spiro atoms. The molecule has 2 aromatic rings. The Kier molecular flexibility index (Phi) is 4.11. The molecule has 18 heavy (non-hydrogen) atoms. The van der Waals surface area contributed by atoms with Gasteiger partial charge in [-0.2, -0.15) is 0 Å². The summed E-state index contributed by atoms with van der Waals surface area (Å²) in [7, 11) is 1.67. The maximum absolute atomic E-state index is 6.12. The predicted molar refractivity (Wildman–Crippen MR) is 76.5 cm³/mol. The molecule has 0 radical (unpaired) electrons. The zero-order valence-electron chi connectivity index (χ0n) is 10.5. The van der Waals surface area contributed by atoms with Gasteiger partial charge in [-0.15, -0.1) is 0 Å². The molecular weight excluding hydrogens is 246 g/mol. The van der Waals surface area contributed by atoms with Gasteiger partial charge in [-0.25, -0.2) is 0 Å². The summed E-state index contributed by atoms with van der Waals surface area (Å²) in [4.78, 5) is 0. The van der Waals surface area contributed by atoms with Crippen molar-refractivity contribution >= 4 is 17.3 Å². The van der Waals surface area contributed by atoms with Crippen LogP contribution in [0.25, 0.3) is 0 Å². The van der Waals surface area contributed by atoms with Gasteiger partial charge in [0, 0.05) is 11.6 Å². The lowest BCUT2D eigenvalue weighted by atomic mass is 10.2. The molecule has 0 heterocycles. The van der Waals surface area contributed by atoms with Crippen molar-refractivity contribution in [3.8, 4) is 5.75 Å². The Balaban J connectivity index is 2.15. The molecule has 0 amide bonds. The first kappa shape index (κ1) is 12.8. The van der Waals surface area contributed by atoms with Crippen LogP contribution in [0.3, 0.4) is 0 Å². The maximum atomic E-state index is 6.12. The Morgan fingerprint density at radius 1 is 1.17 bits per heavy atom. The standard InChI is InChI=1S/C15H16ClNO/c1-11-7-8-15(18-2)14(9-11)17-10-12-5-3-4-6-13(12)16/h3-9,17H,10H2,1-2H3. The number of hydrogen-bond acceptors (Lipinski definition) is 2. The van der Waals surface area contributed by atoms with Crippen LogP contribution in [-0.2, 0) is 6.54 Å². The van der Waals surface area contributed by atoms with Crippen LogP contribution in [0.5, 0.6) is 5.75 Å². The minimum absolute atomic E-state index is 0.680. The summed E-state index contributed by atoms with van der Waals surface area (Å²) in [6.45, 7) is 2.74. The summed E-state index contributed by atoms with van der Waals surface area (Å²) in [6, 6.07) is 13.9. The summed E-state index contributed by atoms with van der Waals surface area (Å²) in [6.07, 6.45) is 0. The van der Waals surface area contributed by atoms with E-state index in [4.69, 9.17) is 16.3 Å². The molecule has 94 valence electrons. The van der Waals surface area contributed by atoms with Gasteiger partial charge in [0.15, 0.2) is 0 Å². The van der Waals surface area contributed by atoms with E-state index in [1.54, 1.807) is 7.11 Å². The molecule has 1 N–H and O–H groups in total. The number of hydrogen-bond donors (Lipinski definition) is 1. The van der Waals surface area contributed by atoms with E-state index < -0.39 is 0 Å². The van der Waals surface area contributed by atoms with Crippen molar-refractivity contribution in [2.45, 2.75) is 13.5 Å². The highest BCUT2D eigenvalue weighted by molar-refractivity contribution is 6.31. The molecule has 2 aromatic carbocycles. The van der Waals surface area contributed by atoms with Gasteiger partial charge in [0.05, 0.1) is 12.8 Å². The second-order valence-electron chi connectivity index (χ2n) is 4.15. The van der Waals surface area contributed by atoms with Crippen molar-refractivity contribution in [2.75, 3.05) is 12.4 Å². The first-order valence-electron chi connectivity index (χ1n) is 5.82. The lowest BCUT2D eigenvalue weighted by molar-refractivity contribution is 0.416. The average molecular weight is 262 g/mol. The van der Waals surface area contributed by atoms with E-state index >= 15 is 0 Å². The number of nitrogens with one attached hydrogen (secondary N) is 1. The van der Waals surface area contributed by atoms with Crippen molar-refractivity contribution < 1.29 is 4.74 Å². The third-order valence-electron chi connectivity index (χ3n) is 2.78. The highest BCUT2D eigenvalue weighted by atomic mass is 35.5. The number of ether oxygens (including phenoxy) is 1. The molecule has 0 atom stereocenters. The molecule has 0 aliphatic carbocycles. The van der Waals surface area contributed by atoms with E-state index in [-0.39, 0.29) is 0 Å². The monoisotopic (exact) mass is 261 g/mol. The Hall–Kier alpha value is -1.67. The van der Waals surface area contributed by atoms with Crippen LogP contribution in [-0.4, -0.2) is 7.11 Å². The summed E-state index contributed by atoms with van der Waals surface area (Å²) in [5, 5.41) is 4.13. The van der Waals surface area contributed by atoms with E-state index in [1.165, 1.54) is 5.56 Å². The zero-order valence-corrected chi connectivity index (χ0v) is 11.3. The normalized spacial score (nSPS) is 10.2. The van der Waals surface area contributed by atoms with Crippen LogP contribution in [0, 0.1) is 6.92 Å². The van der Waals surface area contributed by atoms with Gasteiger partial charge < -0.3 is 10.1 Å². The highest BCUT2D eigenvalue weighted by Gasteiger charge is 2.04. The molecule has 0 fully saturated rings. The van der Waals surface area contributed by atoms with Crippen molar-refractivity contribution in [3.63, 3.8) is 0 Å². The fourth-order valence-corrected chi connectivity index (χ4v) is 1.99. The van der Waals surface area contributed by atoms with Gasteiger partial charge in [0.2, 0.25) is 0 Å². The lowest BCUT2D eigenvalue weighted by Crippen LogP contribution is -2.02. The third kappa shape index (κ3) is 2.96. The molecular formula is C15H16ClNO. The van der Waals surface area contributed by atoms with E-state index in [1.807, 2.05) is 36.4 Å². The number of methoxy groups -OCH3 is 1. The number of rotatable bonds is 4. The fraction of sp³-hybridized carbons (Fsp3) is 0.200. The first-order chi connectivity index (χ1) is 8.70. The zero-order chi connectivity index (χ0) is 13.0. The van der Waals surface area contributed by atoms with Crippen LogP contribution in [0.1, 0.15) is 11.1 Å². The molecule has 0 unspecified atom stereocenters. The fourth-order valence-electron chi connectivity index (χ4n) is 1.79. The summed E-state index contributed by atoms with van der Waals surface area (Å²) < 4.78 is 5.32. The third-order valence-corrected chi connectivity index (χ3v) is 3.15.